The molecule has 0 saturated heterocycles. The number of benzene rings is 3. The number of phenolic OH excluding ortho intramolecular Hbond substituents is 1. The molecule has 0 aliphatic heterocycles. The zero-order valence-corrected chi connectivity index (χ0v) is 21.0. The van der Waals surface area contributed by atoms with E-state index in [0.29, 0.717) is 31.7 Å². The van der Waals surface area contributed by atoms with Crippen LogP contribution >= 0.6 is 0 Å². The van der Waals surface area contributed by atoms with Gasteiger partial charge in [0.2, 0.25) is 0 Å². The molecule has 0 spiro atoms. The smallest absolute Gasteiger partial charge is 0.123 e. The summed E-state index contributed by atoms with van der Waals surface area (Å²) in [6, 6.07) is 18.7. The van der Waals surface area contributed by atoms with Crippen LogP contribution in [0.2, 0.25) is 0 Å². The highest BCUT2D eigenvalue weighted by atomic mass is 16.5. The highest BCUT2D eigenvalue weighted by Gasteiger charge is 2.14. The van der Waals surface area contributed by atoms with Gasteiger partial charge in [0.25, 0.3) is 0 Å². The maximum absolute atomic E-state index is 9.91. The predicted octanol–water partition coefficient (Wildman–Crippen LogP) is 5.79. The third-order valence-corrected chi connectivity index (χ3v) is 6.13. The Kier molecular flexibility index (Phi) is 9.61. The lowest BCUT2D eigenvalue weighted by Gasteiger charge is -2.30. The van der Waals surface area contributed by atoms with Crippen molar-refractivity contribution in [1.82, 2.24) is 4.90 Å². The first kappa shape index (κ1) is 25.9. The SMILES string of the molecule is CC(C)N(CCOc1ccc(Cc2c(OCCCCO)ccc3cc(O)ccc23)cc1)C(C)C. The van der Waals surface area contributed by atoms with Crippen molar-refractivity contribution in [3.8, 4) is 17.2 Å². The molecule has 0 aliphatic carbocycles. The Morgan fingerprint density at radius 3 is 2.24 bits per heavy atom. The Labute approximate surface area is 203 Å². The first-order valence-electron chi connectivity index (χ1n) is 12.3. The van der Waals surface area contributed by atoms with Gasteiger partial charge in [0.1, 0.15) is 23.9 Å². The van der Waals surface area contributed by atoms with Crippen molar-refractivity contribution >= 4 is 10.8 Å². The summed E-state index contributed by atoms with van der Waals surface area (Å²) in [4.78, 5) is 2.43. The van der Waals surface area contributed by atoms with Crippen LogP contribution in [0.4, 0.5) is 0 Å². The molecular formula is C29H39NO4. The lowest BCUT2D eigenvalue weighted by Crippen LogP contribution is -2.39. The Balaban J connectivity index is 1.72. The van der Waals surface area contributed by atoms with Gasteiger partial charge in [0, 0.05) is 37.2 Å². The molecule has 0 unspecified atom stereocenters. The third kappa shape index (κ3) is 7.12. The number of aliphatic hydroxyl groups is 1. The molecule has 2 N–H and O–H groups in total. The number of aliphatic hydroxyl groups excluding tert-OH is 1. The summed E-state index contributed by atoms with van der Waals surface area (Å²) in [5.41, 5.74) is 2.26. The van der Waals surface area contributed by atoms with Gasteiger partial charge in [-0.15, -0.1) is 0 Å². The standard InChI is InChI=1S/C29H39NO4/c1-21(2)30(22(3)4)15-18-33-26-11-7-23(8-12-26)19-28-27-13-10-25(32)20-24(27)9-14-29(28)34-17-6-5-16-31/h7-14,20-22,31-32H,5-6,15-19H2,1-4H3. The summed E-state index contributed by atoms with van der Waals surface area (Å²) in [6.45, 7) is 11.2. The van der Waals surface area contributed by atoms with Crippen molar-refractivity contribution in [3.05, 3.63) is 65.7 Å². The Hall–Kier alpha value is -2.76. The number of unbranched alkanes of at least 4 members (excludes halogenated alkanes) is 1. The van der Waals surface area contributed by atoms with Crippen LogP contribution in [0.3, 0.4) is 0 Å². The second-order valence-electron chi connectivity index (χ2n) is 9.32. The number of fused-ring (bicyclic) bond motifs is 1. The molecule has 3 aromatic rings. The van der Waals surface area contributed by atoms with Gasteiger partial charge in [-0.05, 0) is 87.2 Å². The van der Waals surface area contributed by atoms with Crippen LogP contribution in [0.25, 0.3) is 10.8 Å². The van der Waals surface area contributed by atoms with Crippen molar-refractivity contribution in [3.63, 3.8) is 0 Å². The van der Waals surface area contributed by atoms with Crippen molar-refractivity contribution < 1.29 is 19.7 Å². The van der Waals surface area contributed by atoms with Gasteiger partial charge in [-0.2, -0.15) is 0 Å². The van der Waals surface area contributed by atoms with Crippen LogP contribution < -0.4 is 9.47 Å². The van der Waals surface area contributed by atoms with E-state index in [2.05, 4.69) is 44.7 Å². The van der Waals surface area contributed by atoms with Crippen LogP contribution in [0, 0.1) is 0 Å². The fourth-order valence-electron chi connectivity index (χ4n) is 4.36. The summed E-state index contributed by atoms with van der Waals surface area (Å²) in [5, 5.41) is 21.0. The molecule has 0 aromatic heterocycles. The molecule has 34 heavy (non-hydrogen) atoms. The molecule has 5 heteroatoms. The molecule has 5 nitrogen and oxygen atoms in total. The summed E-state index contributed by atoms with van der Waals surface area (Å²) in [5.74, 6) is 1.98. The maximum Gasteiger partial charge on any atom is 0.123 e. The van der Waals surface area contributed by atoms with Gasteiger partial charge in [-0.1, -0.05) is 24.3 Å². The second-order valence-corrected chi connectivity index (χ2v) is 9.32. The highest BCUT2D eigenvalue weighted by molar-refractivity contribution is 5.89. The van der Waals surface area contributed by atoms with Gasteiger partial charge in [-0.25, -0.2) is 0 Å². The van der Waals surface area contributed by atoms with Crippen molar-refractivity contribution in [2.75, 3.05) is 26.4 Å². The molecule has 0 saturated carbocycles. The average molecular weight is 466 g/mol. The minimum atomic E-state index is 0.175. The monoisotopic (exact) mass is 465 g/mol. The number of hydrogen-bond acceptors (Lipinski definition) is 5. The van der Waals surface area contributed by atoms with Gasteiger partial charge in [-0.3, -0.25) is 4.90 Å². The first-order chi connectivity index (χ1) is 16.4. The Bertz CT molecular complexity index is 1020. The molecule has 3 aromatic carbocycles. The van der Waals surface area contributed by atoms with Crippen molar-refractivity contribution in [2.45, 2.75) is 59.0 Å². The second kappa shape index (κ2) is 12.6. The quantitative estimate of drug-likeness (QED) is 0.313. The van der Waals surface area contributed by atoms with Crippen LogP contribution in [-0.4, -0.2) is 53.6 Å². The summed E-state index contributed by atoms with van der Waals surface area (Å²) >= 11 is 0. The van der Waals surface area contributed by atoms with Crippen LogP contribution in [0.1, 0.15) is 51.7 Å². The summed E-state index contributed by atoms with van der Waals surface area (Å²) in [7, 11) is 0. The summed E-state index contributed by atoms with van der Waals surface area (Å²) in [6.07, 6.45) is 2.25. The lowest BCUT2D eigenvalue weighted by molar-refractivity contribution is 0.142. The molecule has 0 amide bonds. The fourth-order valence-corrected chi connectivity index (χ4v) is 4.36. The van der Waals surface area contributed by atoms with E-state index in [4.69, 9.17) is 14.6 Å². The highest BCUT2D eigenvalue weighted by Crippen LogP contribution is 2.32. The number of phenols is 1. The number of aromatic hydroxyl groups is 1. The van der Waals surface area contributed by atoms with E-state index in [0.717, 1.165) is 47.2 Å². The third-order valence-electron chi connectivity index (χ3n) is 6.13. The van der Waals surface area contributed by atoms with Gasteiger partial charge in [0.15, 0.2) is 0 Å². The number of hydrogen-bond donors (Lipinski definition) is 2. The van der Waals surface area contributed by atoms with Crippen molar-refractivity contribution in [2.24, 2.45) is 0 Å². The van der Waals surface area contributed by atoms with E-state index < -0.39 is 0 Å². The minimum absolute atomic E-state index is 0.175. The van der Waals surface area contributed by atoms with Gasteiger partial charge < -0.3 is 19.7 Å². The number of rotatable bonds is 13. The largest absolute Gasteiger partial charge is 0.508 e. The van der Waals surface area contributed by atoms with E-state index in [1.165, 1.54) is 5.56 Å². The molecule has 0 fully saturated rings. The minimum Gasteiger partial charge on any atom is -0.508 e. The number of nitrogens with zero attached hydrogens (tertiary/aromatic N) is 1. The Morgan fingerprint density at radius 2 is 1.56 bits per heavy atom. The van der Waals surface area contributed by atoms with Crippen LogP contribution in [0.5, 0.6) is 17.2 Å². The molecule has 0 atom stereocenters. The number of ether oxygens (including phenoxy) is 2. The molecule has 184 valence electrons. The Morgan fingerprint density at radius 1 is 0.824 bits per heavy atom. The first-order valence-corrected chi connectivity index (χ1v) is 12.3. The molecule has 0 radical (unpaired) electrons. The van der Waals surface area contributed by atoms with E-state index in [-0.39, 0.29) is 12.4 Å². The zero-order chi connectivity index (χ0) is 24.5. The van der Waals surface area contributed by atoms with Gasteiger partial charge in [0.05, 0.1) is 6.61 Å². The van der Waals surface area contributed by atoms with Gasteiger partial charge >= 0.3 is 0 Å². The topological polar surface area (TPSA) is 62.2 Å². The van der Waals surface area contributed by atoms with E-state index in [1.54, 1.807) is 12.1 Å². The normalized spacial score (nSPS) is 11.6. The van der Waals surface area contributed by atoms with Crippen LogP contribution in [0.15, 0.2) is 54.6 Å². The molecule has 3 rings (SSSR count). The molecule has 0 heterocycles. The van der Waals surface area contributed by atoms with Crippen molar-refractivity contribution in [1.29, 1.82) is 0 Å². The fraction of sp³-hybridized carbons (Fsp3) is 0.448. The van der Waals surface area contributed by atoms with E-state index in [1.807, 2.05) is 30.3 Å². The van der Waals surface area contributed by atoms with Crippen LogP contribution in [-0.2, 0) is 6.42 Å². The lowest BCUT2D eigenvalue weighted by atomic mass is 9.97. The molecular weight excluding hydrogens is 426 g/mol. The molecule has 0 aliphatic rings. The average Bonchev–Trinajstić information content (AvgIpc) is 2.81. The maximum atomic E-state index is 9.91. The van der Waals surface area contributed by atoms with E-state index >= 15 is 0 Å². The zero-order valence-electron chi connectivity index (χ0n) is 21.0. The summed E-state index contributed by atoms with van der Waals surface area (Å²) < 4.78 is 12.1. The van der Waals surface area contributed by atoms with E-state index in [9.17, 15) is 5.11 Å². The predicted molar refractivity (Wildman–Crippen MR) is 139 cm³/mol. The molecule has 0 bridgehead atoms.